The van der Waals surface area contributed by atoms with Crippen LogP contribution in [-0.2, 0) is 0 Å². The molecule has 1 heterocycles. The normalized spacial score (nSPS) is 23.5. The smallest absolute Gasteiger partial charge is 0.0468 e. The van der Waals surface area contributed by atoms with Gasteiger partial charge in [0, 0.05) is 19.7 Å². The van der Waals surface area contributed by atoms with E-state index in [0.717, 1.165) is 13.1 Å². The van der Waals surface area contributed by atoms with E-state index in [-0.39, 0.29) is 0 Å². The molecule has 1 saturated heterocycles. The summed E-state index contributed by atoms with van der Waals surface area (Å²) in [6, 6.07) is 10.8. The van der Waals surface area contributed by atoms with Gasteiger partial charge in [-0.3, -0.25) is 0 Å². The standard InChI is InChI=1S/C14H21NO/c1-12(11-16)9-15-8-7-14(10-15)13-5-3-2-4-6-13/h2-6,12,14,16H,7-11H2,1H3. The first-order valence-electron chi connectivity index (χ1n) is 6.17. The van der Waals surface area contributed by atoms with E-state index in [1.54, 1.807) is 0 Å². The SMILES string of the molecule is CC(CO)CN1CCC(c2ccccc2)C1. The maximum Gasteiger partial charge on any atom is 0.0468 e. The summed E-state index contributed by atoms with van der Waals surface area (Å²) in [5.74, 6) is 1.08. The fraction of sp³-hybridized carbons (Fsp3) is 0.571. The molecule has 1 fully saturated rings. The second-order valence-corrected chi connectivity index (χ2v) is 4.94. The van der Waals surface area contributed by atoms with Crippen LogP contribution in [0.1, 0.15) is 24.8 Å². The maximum absolute atomic E-state index is 9.05. The molecule has 1 aliphatic heterocycles. The molecule has 0 saturated carbocycles. The molecule has 2 unspecified atom stereocenters. The van der Waals surface area contributed by atoms with Crippen LogP contribution in [-0.4, -0.2) is 36.2 Å². The van der Waals surface area contributed by atoms with Gasteiger partial charge in [0.05, 0.1) is 0 Å². The summed E-state index contributed by atoms with van der Waals surface area (Å²) in [4.78, 5) is 2.47. The maximum atomic E-state index is 9.05. The third kappa shape index (κ3) is 2.83. The van der Waals surface area contributed by atoms with E-state index in [2.05, 4.69) is 42.2 Å². The third-order valence-electron chi connectivity index (χ3n) is 3.42. The van der Waals surface area contributed by atoms with Gasteiger partial charge in [0.15, 0.2) is 0 Å². The lowest BCUT2D eigenvalue weighted by Crippen LogP contribution is -2.27. The Morgan fingerprint density at radius 3 is 2.81 bits per heavy atom. The lowest BCUT2D eigenvalue weighted by atomic mass is 9.99. The van der Waals surface area contributed by atoms with Crippen molar-refractivity contribution in [3.8, 4) is 0 Å². The summed E-state index contributed by atoms with van der Waals surface area (Å²) in [6.07, 6.45) is 1.25. The first-order chi connectivity index (χ1) is 7.79. The quantitative estimate of drug-likeness (QED) is 0.838. The number of aliphatic hydroxyl groups excluding tert-OH is 1. The van der Waals surface area contributed by atoms with Crippen molar-refractivity contribution in [3.63, 3.8) is 0 Å². The monoisotopic (exact) mass is 219 g/mol. The van der Waals surface area contributed by atoms with Crippen molar-refractivity contribution >= 4 is 0 Å². The molecule has 0 amide bonds. The summed E-state index contributed by atoms with van der Waals surface area (Å²) in [5.41, 5.74) is 1.46. The number of benzene rings is 1. The van der Waals surface area contributed by atoms with Gasteiger partial charge in [-0.25, -0.2) is 0 Å². The molecule has 2 rings (SSSR count). The van der Waals surface area contributed by atoms with E-state index in [4.69, 9.17) is 5.11 Å². The lowest BCUT2D eigenvalue weighted by Gasteiger charge is -2.19. The summed E-state index contributed by atoms with van der Waals surface area (Å²) in [5, 5.41) is 9.05. The minimum Gasteiger partial charge on any atom is -0.396 e. The van der Waals surface area contributed by atoms with Gasteiger partial charge in [-0.05, 0) is 30.4 Å². The summed E-state index contributed by atoms with van der Waals surface area (Å²) in [6.45, 7) is 5.75. The van der Waals surface area contributed by atoms with Crippen LogP contribution < -0.4 is 0 Å². The van der Waals surface area contributed by atoms with E-state index >= 15 is 0 Å². The Bertz CT molecular complexity index is 312. The second kappa shape index (κ2) is 5.46. The van der Waals surface area contributed by atoms with E-state index in [0.29, 0.717) is 18.4 Å². The summed E-state index contributed by atoms with van der Waals surface area (Å²) >= 11 is 0. The number of likely N-dealkylation sites (tertiary alicyclic amines) is 1. The lowest BCUT2D eigenvalue weighted by molar-refractivity contribution is 0.190. The molecule has 0 radical (unpaired) electrons. The van der Waals surface area contributed by atoms with Gasteiger partial charge in [0.2, 0.25) is 0 Å². The predicted molar refractivity (Wildman–Crippen MR) is 66.5 cm³/mol. The zero-order valence-corrected chi connectivity index (χ0v) is 9.97. The van der Waals surface area contributed by atoms with Crippen LogP contribution in [0.15, 0.2) is 30.3 Å². The van der Waals surface area contributed by atoms with Crippen molar-refractivity contribution in [1.29, 1.82) is 0 Å². The van der Waals surface area contributed by atoms with Crippen LogP contribution in [0.2, 0.25) is 0 Å². The molecule has 16 heavy (non-hydrogen) atoms. The molecule has 0 aliphatic carbocycles. The largest absolute Gasteiger partial charge is 0.396 e. The van der Waals surface area contributed by atoms with E-state index in [1.165, 1.54) is 18.5 Å². The second-order valence-electron chi connectivity index (χ2n) is 4.94. The van der Waals surface area contributed by atoms with Crippen molar-refractivity contribution in [1.82, 2.24) is 4.90 Å². The zero-order valence-electron chi connectivity index (χ0n) is 9.97. The summed E-state index contributed by atoms with van der Waals surface area (Å²) < 4.78 is 0. The Balaban J connectivity index is 1.89. The molecular formula is C14H21NO. The summed E-state index contributed by atoms with van der Waals surface area (Å²) in [7, 11) is 0. The van der Waals surface area contributed by atoms with Gasteiger partial charge >= 0.3 is 0 Å². The molecular weight excluding hydrogens is 198 g/mol. The zero-order chi connectivity index (χ0) is 11.4. The van der Waals surface area contributed by atoms with Crippen molar-refractivity contribution < 1.29 is 5.11 Å². The van der Waals surface area contributed by atoms with Crippen LogP contribution in [0.25, 0.3) is 0 Å². The Morgan fingerprint density at radius 2 is 2.12 bits per heavy atom. The Hall–Kier alpha value is -0.860. The van der Waals surface area contributed by atoms with Gasteiger partial charge in [-0.2, -0.15) is 0 Å². The molecule has 2 atom stereocenters. The highest BCUT2D eigenvalue weighted by Gasteiger charge is 2.24. The molecule has 1 aromatic carbocycles. The van der Waals surface area contributed by atoms with Crippen LogP contribution in [0.4, 0.5) is 0 Å². The van der Waals surface area contributed by atoms with Gasteiger partial charge in [-0.15, -0.1) is 0 Å². The highest BCUT2D eigenvalue weighted by atomic mass is 16.3. The number of aliphatic hydroxyl groups is 1. The number of hydrogen-bond donors (Lipinski definition) is 1. The molecule has 0 bridgehead atoms. The molecule has 1 N–H and O–H groups in total. The van der Waals surface area contributed by atoms with Gasteiger partial charge in [0.1, 0.15) is 0 Å². The minimum absolute atomic E-state index is 0.298. The molecule has 1 aliphatic rings. The van der Waals surface area contributed by atoms with E-state index in [9.17, 15) is 0 Å². The molecule has 0 spiro atoms. The van der Waals surface area contributed by atoms with E-state index < -0.39 is 0 Å². The van der Waals surface area contributed by atoms with Crippen LogP contribution in [0.3, 0.4) is 0 Å². The first kappa shape index (κ1) is 11.6. The molecule has 2 heteroatoms. The molecule has 2 nitrogen and oxygen atoms in total. The van der Waals surface area contributed by atoms with E-state index in [1.807, 2.05) is 0 Å². The highest BCUT2D eigenvalue weighted by molar-refractivity contribution is 5.20. The fourth-order valence-corrected chi connectivity index (χ4v) is 2.49. The third-order valence-corrected chi connectivity index (χ3v) is 3.42. The Labute approximate surface area is 97.9 Å². The Kier molecular flexibility index (Phi) is 3.97. The number of hydrogen-bond acceptors (Lipinski definition) is 2. The molecule has 0 aromatic heterocycles. The van der Waals surface area contributed by atoms with Crippen molar-refractivity contribution in [2.75, 3.05) is 26.2 Å². The van der Waals surface area contributed by atoms with Crippen LogP contribution in [0, 0.1) is 5.92 Å². The van der Waals surface area contributed by atoms with Crippen molar-refractivity contribution in [2.24, 2.45) is 5.92 Å². The number of nitrogens with zero attached hydrogens (tertiary/aromatic N) is 1. The minimum atomic E-state index is 0.298. The first-order valence-corrected chi connectivity index (χ1v) is 6.17. The van der Waals surface area contributed by atoms with Crippen LogP contribution in [0.5, 0.6) is 0 Å². The van der Waals surface area contributed by atoms with Gasteiger partial charge in [0.25, 0.3) is 0 Å². The molecule has 1 aromatic rings. The van der Waals surface area contributed by atoms with Crippen molar-refractivity contribution in [3.05, 3.63) is 35.9 Å². The average Bonchev–Trinajstić information content (AvgIpc) is 2.78. The van der Waals surface area contributed by atoms with Gasteiger partial charge < -0.3 is 10.0 Å². The highest BCUT2D eigenvalue weighted by Crippen LogP contribution is 2.27. The topological polar surface area (TPSA) is 23.5 Å². The van der Waals surface area contributed by atoms with Crippen molar-refractivity contribution in [2.45, 2.75) is 19.3 Å². The number of rotatable bonds is 4. The fourth-order valence-electron chi connectivity index (χ4n) is 2.49. The van der Waals surface area contributed by atoms with Crippen LogP contribution >= 0.6 is 0 Å². The Morgan fingerprint density at radius 1 is 1.38 bits per heavy atom. The predicted octanol–water partition coefficient (Wildman–Crippen LogP) is 2.10. The molecule has 88 valence electrons. The average molecular weight is 219 g/mol. The van der Waals surface area contributed by atoms with Gasteiger partial charge in [-0.1, -0.05) is 37.3 Å².